The molecule has 1 rings (SSSR count). The summed E-state index contributed by atoms with van der Waals surface area (Å²) in [5.74, 6) is -0.457. The zero-order chi connectivity index (χ0) is 14.6. The van der Waals surface area contributed by atoms with Gasteiger partial charge in [-0.25, -0.2) is 4.98 Å². The maximum atomic E-state index is 12.3. The number of hydrogen-bond acceptors (Lipinski definition) is 4. The third kappa shape index (κ3) is 3.51. The van der Waals surface area contributed by atoms with Gasteiger partial charge in [-0.3, -0.25) is 14.9 Å². The molecule has 0 aliphatic heterocycles. The average molecular weight is 284 g/mol. The SMILES string of the molecule is C=C(C)CN(CC)C(=O)c1ccnc(Cl)c1[N+](=O)[O-]. The van der Waals surface area contributed by atoms with E-state index in [1.807, 2.05) is 0 Å². The zero-order valence-electron chi connectivity index (χ0n) is 10.7. The van der Waals surface area contributed by atoms with Crippen molar-refractivity contribution in [2.75, 3.05) is 13.1 Å². The van der Waals surface area contributed by atoms with Crippen LogP contribution >= 0.6 is 11.6 Å². The standard InChI is InChI=1S/C12H14ClN3O3/c1-4-15(7-8(2)3)12(17)9-5-6-14-11(13)10(9)16(18)19/h5-6H,2,4,7H2,1,3H3. The first-order valence-corrected chi connectivity index (χ1v) is 5.98. The van der Waals surface area contributed by atoms with E-state index in [4.69, 9.17) is 11.6 Å². The first kappa shape index (κ1) is 15.1. The molecule has 0 unspecified atom stereocenters. The Morgan fingerprint density at radius 1 is 1.63 bits per heavy atom. The van der Waals surface area contributed by atoms with Gasteiger partial charge in [0.05, 0.1) is 4.92 Å². The number of nitrogens with zero attached hydrogens (tertiary/aromatic N) is 3. The number of nitro groups is 1. The van der Waals surface area contributed by atoms with Crippen molar-refractivity contribution in [3.63, 3.8) is 0 Å². The molecule has 102 valence electrons. The van der Waals surface area contributed by atoms with Gasteiger partial charge in [0, 0.05) is 19.3 Å². The number of carbonyl (C=O) groups is 1. The fourth-order valence-corrected chi connectivity index (χ4v) is 1.83. The minimum absolute atomic E-state index is 0.0619. The topological polar surface area (TPSA) is 76.3 Å². The van der Waals surface area contributed by atoms with Gasteiger partial charge >= 0.3 is 5.69 Å². The monoisotopic (exact) mass is 283 g/mol. The van der Waals surface area contributed by atoms with E-state index in [-0.39, 0.29) is 10.7 Å². The Labute approximate surface area is 115 Å². The number of aromatic nitrogens is 1. The largest absolute Gasteiger partial charge is 0.335 e. The Bertz CT molecular complexity index is 531. The summed E-state index contributed by atoms with van der Waals surface area (Å²) in [7, 11) is 0. The molecule has 0 aliphatic rings. The molecule has 0 aliphatic carbocycles. The van der Waals surface area contributed by atoms with Crippen LogP contribution in [0.4, 0.5) is 5.69 Å². The summed E-state index contributed by atoms with van der Waals surface area (Å²) in [5.41, 5.74) is 0.264. The first-order chi connectivity index (χ1) is 8.88. The second kappa shape index (κ2) is 6.29. The lowest BCUT2D eigenvalue weighted by Gasteiger charge is -2.20. The quantitative estimate of drug-likeness (QED) is 0.360. The van der Waals surface area contributed by atoms with Crippen LogP contribution in [-0.2, 0) is 0 Å². The van der Waals surface area contributed by atoms with Crippen LogP contribution in [0.5, 0.6) is 0 Å². The molecule has 6 nitrogen and oxygen atoms in total. The van der Waals surface area contributed by atoms with Crippen LogP contribution in [0.1, 0.15) is 24.2 Å². The highest BCUT2D eigenvalue weighted by atomic mass is 35.5. The molecule has 0 fully saturated rings. The molecular formula is C12H14ClN3O3. The van der Waals surface area contributed by atoms with Crippen molar-refractivity contribution in [3.8, 4) is 0 Å². The Kier molecular flexibility index (Phi) is 5.00. The van der Waals surface area contributed by atoms with Crippen LogP contribution in [0.3, 0.4) is 0 Å². The van der Waals surface area contributed by atoms with Gasteiger partial charge in [0.15, 0.2) is 0 Å². The molecule has 0 aromatic carbocycles. The zero-order valence-corrected chi connectivity index (χ0v) is 11.5. The van der Waals surface area contributed by atoms with Crippen molar-refractivity contribution >= 4 is 23.2 Å². The van der Waals surface area contributed by atoms with Gasteiger partial charge in [-0.05, 0) is 19.9 Å². The number of amides is 1. The molecule has 0 saturated heterocycles. The fourth-order valence-electron chi connectivity index (χ4n) is 1.60. The molecule has 0 N–H and O–H groups in total. The van der Waals surface area contributed by atoms with Crippen LogP contribution < -0.4 is 0 Å². The molecule has 19 heavy (non-hydrogen) atoms. The lowest BCUT2D eigenvalue weighted by atomic mass is 10.2. The molecule has 0 saturated carbocycles. The molecule has 1 aromatic rings. The van der Waals surface area contributed by atoms with Gasteiger partial charge < -0.3 is 4.90 Å². The van der Waals surface area contributed by atoms with Crippen LogP contribution in [0.2, 0.25) is 5.15 Å². The van der Waals surface area contributed by atoms with Gasteiger partial charge in [-0.15, -0.1) is 0 Å². The van der Waals surface area contributed by atoms with Crippen molar-refractivity contribution < 1.29 is 9.72 Å². The second-order valence-corrected chi connectivity index (χ2v) is 4.39. The van der Waals surface area contributed by atoms with Crippen molar-refractivity contribution in [2.24, 2.45) is 0 Å². The van der Waals surface area contributed by atoms with Crippen molar-refractivity contribution in [2.45, 2.75) is 13.8 Å². The molecule has 0 atom stereocenters. The number of halogens is 1. The van der Waals surface area contributed by atoms with E-state index in [1.165, 1.54) is 17.2 Å². The van der Waals surface area contributed by atoms with E-state index in [1.54, 1.807) is 13.8 Å². The number of likely N-dealkylation sites (N-methyl/N-ethyl adjacent to an activating group) is 1. The summed E-state index contributed by atoms with van der Waals surface area (Å²) < 4.78 is 0. The average Bonchev–Trinajstić information content (AvgIpc) is 2.34. The molecule has 7 heteroatoms. The van der Waals surface area contributed by atoms with Gasteiger partial charge in [0.1, 0.15) is 5.56 Å². The lowest BCUT2D eigenvalue weighted by molar-refractivity contribution is -0.385. The first-order valence-electron chi connectivity index (χ1n) is 5.61. The fraction of sp³-hybridized carbons (Fsp3) is 0.333. The number of rotatable bonds is 5. The Morgan fingerprint density at radius 3 is 2.74 bits per heavy atom. The molecule has 1 amide bonds. The lowest BCUT2D eigenvalue weighted by Crippen LogP contribution is -2.32. The summed E-state index contributed by atoms with van der Waals surface area (Å²) in [4.78, 5) is 27.6. The third-order valence-corrected chi connectivity index (χ3v) is 2.70. The minimum Gasteiger partial charge on any atom is -0.335 e. The van der Waals surface area contributed by atoms with Gasteiger partial charge in [0.25, 0.3) is 5.91 Å². The molecule has 0 bridgehead atoms. The highest BCUT2D eigenvalue weighted by Gasteiger charge is 2.27. The van der Waals surface area contributed by atoms with Crippen LogP contribution in [0, 0.1) is 10.1 Å². The number of pyridine rings is 1. The highest BCUT2D eigenvalue weighted by Crippen LogP contribution is 2.27. The number of hydrogen-bond donors (Lipinski definition) is 0. The van der Waals surface area contributed by atoms with Crippen LogP contribution in [-0.4, -0.2) is 33.8 Å². The molecule has 0 spiro atoms. The maximum absolute atomic E-state index is 12.3. The predicted molar refractivity (Wildman–Crippen MR) is 72.3 cm³/mol. The summed E-state index contributed by atoms with van der Waals surface area (Å²) in [5, 5.41) is 10.7. The van der Waals surface area contributed by atoms with Crippen LogP contribution in [0.15, 0.2) is 24.4 Å². The van der Waals surface area contributed by atoms with Crippen molar-refractivity contribution in [3.05, 3.63) is 45.2 Å². The summed E-state index contributed by atoms with van der Waals surface area (Å²) in [6.07, 6.45) is 1.27. The molecule has 1 aromatic heterocycles. The summed E-state index contributed by atoms with van der Waals surface area (Å²) in [6.45, 7) is 8.06. The smallest absolute Gasteiger partial charge is 0.319 e. The van der Waals surface area contributed by atoms with Gasteiger partial charge in [-0.1, -0.05) is 23.8 Å². The number of carbonyl (C=O) groups excluding carboxylic acids is 1. The van der Waals surface area contributed by atoms with E-state index in [0.717, 1.165) is 5.57 Å². The Balaban J connectivity index is 3.22. The normalized spacial score (nSPS) is 10.1. The van der Waals surface area contributed by atoms with Gasteiger partial charge in [0.2, 0.25) is 5.15 Å². The summed E-state index contributed by atoms with van der Waals surface area (Å²) >= 11 is 5.68. The Hall–Kier alpha value is -1.95. The van der Waals surface area contributed by atoms with E-state index in [9.17, 15) is 14.9 Å². The molecular weight excluding hydrogens is 270 g/mol. The van der Waals surface area contributed by atoms with E-state index in [2.05, 4.69) is 11.6 Å². The Morgan fingerprint density at radius 2 is 2.26 bits per heavy atom. The highest BCUT2D eigenvalue weighted by molar-refractivity contribution is 6.32. The third-order valence-electron chi connectivity index (χ3n) is 2.42. The van der Waals surface area contributed by atoms with Crippen molar-refractivity contribution in [1.29, 1.82) is 0 Å². The van der Waals surface area contributed by atoms with Crippen LogP contribution in [0.25, 0.3) is 0 Å². The van der Waals surface area contributed by atoms with E-state index >= 15 is 0 Å². The molecule has 1 heterocycles. The van der Waals surface area contributed by atoms with Crippen molar-refractivity contribution in [1.82, 2.24) is 9.88 Å². The maximum Gasteiger partial charge on any atom is 0.319 e. The van der Waals surface area contributed by atoms with E-state index < -0.39 is 16.5 Å². The summed E-state index contributed by atoms with van der Waals surface area (Å²) in [6, 6.07) is 1.30. The minimum atomic E-state index is -0.697. The van der Waals surface area contributed by atoms with Gasteiger partial charge in [-0.2, -0.15) is 0 Å². The second-order valence-electron chi connectivity index (χ2n) is 4.03. The van der Waals surface area contributed by atoms with E-state index in [0.29, 0.717) is 13.1 Å². The predicted octanol–water partition coefficient (Wildman–Crippen LogP) is 2.68. The molecule has 0 radical (unpaired) electrons.